The number of esters is 1. The maximum atomic E-state index is 12.9. The van der Waals surface area contributed by atoms with Crippen molar-refractivity contribution in [3.63, 3.8) is 0 Å². The van der Waals surface area contributed by atoms with Gasteiger partial charge in [0.15, 0.2) is 6.19 Å². The van der Waals surface area contributed by atoms with Gasteiger partial charge in [-0.15, -0.1) is 0 Å². The molecule has 0 bridgehead atoms. The van der Waals surface area contributed by atoms with Gasteiger partial charge in [-0.3, -0.25) is 15.1 Å². The molecule has 2 N–H and O–H groups in total. The first kappa shape index (κ1) is 53.9. The van der Waals surface area contributed by atoms with Gasteiger partial charge in [-0.05, 0) is 102 Å². The zero-order valence-corrected chi connectivity index (χ0v) is 38.9. The summed E-state index contributed by atoms with van der Waals surface area (Å²) in [6, 6.07) is 0. The molecule has 0 atom stereocenters. The molecule has 0 saturated carbocycles. The first-order chi connectivity index (χ1) is 28.5. The van der Waals surface area contributed by atoms with Crippen LogP contribution in [0.15, 0.2) is 17.1 Å². The van der Waals surface area contributed by atoms with Crippen molar-refractivity contribution in [3.8, 4) is 6.19 Å². The van der Waals surface area contributed by atoms with E-state index >= 15 is 0 Å². The Morgan fingerprint density at radius 3 is 1.62 bits per heavy atom. The van der Waals surface area contributed by atoms with Crippen LogP contribution in [0.2, 0.25) is 0 Å². The molecular weight excluding hydrogens is 719 g/mol. The fraction of sp³-hybridized carbons (Fsp3) is 0.900. The minimum absolute atomic E-state index is 0.00950. The molecule has 0 aromatic rings. The molecule has 1 aliphatic carbocycles. The molecule has 0 saturated heterocycles. The number of unbranched alkanes of at least 4 members (excludes halogenated alkanes) is 24. The largest absolute Gasteiger partial charge is 0.462 e. The Morgan fingerprint density at radius 2 is 1.10 bits per heavy atom. The van der Waals surface area contributed by atoms with E-state index < -0.39 is 0 Å². The van der Waals surface area contributed by atoms with E-state index in [4.69, 9.17) is 14.7 Å². The highest BCUT2D eigenvalue weighted by atomic mass is 16.5. The lowest BCUT2D eigenvalue weighted by Gasteiger charge is -2.23. The Kier molecular flexibility index (Phi) is 37.5. The summed E-state index contributed by atoms with van der Waals surface area (Å²) in [5.41, 5.74) is -0.00950. The first-order valence-electron chi connectivity index (χ1n) is 25.1. The van der Waals surface area contributed by atoms with Crippen LogP contribution in [0.1, 0.15) is 239 Å². The van der Waals surface area contributed by atoms with Crippen LogP contribution in [0.5, 0.6) is 0 Å². The second-order valence-electron chi connectivity index (χ2n) is 17.4. The Morgan fingerprint density at radius 1 is 0.638 bits per heavy atom. The van der Waals surface area contributed by atoms with E-state index in [1.165, 1.54) is 173 Å². The predicted molar refractivity (Wildman–Crippen MR) is 248 cm³/mol. The third-order valence-electron chi connectivity index (χ3n) is 12.0. The number of aliphatic imine (C=N–C) groups is 1. The molecule has 338 valence electrons. The van der Waals surface area contributed by atoms with Crippen LogP contribution in [-0.4, -0.2) is 68.4 Å². The number of carbonyl (C=O) groups excluding carboxylic acids is 1. The summed E-state index contributed by atoms with van der Waals surface area (Å²) in [7, 11) is 1.69. The van der Waals surface area contributed by atoms with E-state index in [9.17, 15) is 4.79 Å². The van der Waals surface area contributed by atoms with Crippen molar-refractivity contribution in [2.75, 3.05) is 39.8 Å². The van der Waals surface area contributed by atoms with Gasteiger partial charge in [-0.2, -0.15) is 5.26 Å². The van der Waals surface area contributed by atoms with Gasteiger partial charge in [0.1, 0.15) is 11.7 Å². The molecule has 0 aromatic heterocycles. The molecule has 0 aliphatic heterocycles. The number of rotatable bonds is 44. The average molecular weight is 814 g/mol. The number of nitriles is 1. The van der Waals surface area contributed by atoms with Crippen LogP contribution in [0, 0.1) is 11.5 Å². The van der Waals surface area contributed by atoms with E-state index in [1.54, 1.807) is 7.05 Å². The molecule has 1 aliphatic rings. The normalized spacial score (nSPS) is 13.4. The van der Waals surface area contributed by atoms with Crippen LogP contribution in [0.4, 0.5) is 0 Å². The van der Waals surface area contributed by atoms with Crippen LogP contribution in [-0.2, 0) is 14.3 Å². The van der Waals surface area contributed by atoms with E-state index in [1.807, 2.05) is 6.19 Å². The first-order valence-corrected chi connectivity index (χ1v) is 25.1. The number of ether oxygens (including phenoxy) is 2. The minimum Gasteiger partial charge on any atom is -0.462 e. The highest BCUT2D eigenvalue weighted by Crippen LogP contribution is 2.34. The summed E-state index contributed by atoms with van der Waals surface area (Å²) in [6.07, 6.45) is 48.1. The maximum absolute atomic E-state index is 12.9. The van der Waals surface area contributed by atoms with Crippen molar-refractivity contribution in [3.05, 3.63) is 12.2 Å². The average Bonchev–Trinajstić information content (AvgIpc) is 4.00. The molecule has 0 heterocycles. The molecule has 0 amide bonds. The summed E-state index contributed by atoms with van der Waals surface area (Å²) in [6.45, 7) is 11.8. The smallest absolute Gasteiger partial charge is 0.306 e. The van der Waals surface area contributed by atoms with Crippen molar-refractivity contribution < 1.29 is 14.3 Å². The molecule has 0 fully saturated rings. The summed E-state index contributed by atoms with van der Waals surface area (Å²) in [5, 5.41) is 14.8. The van der Waals surface area contributed by atoms with Gasteiger partial charge in [-0.25, -0.2) is 0 Å². The fourth-order valence-corrected chi connectivity index (χ4v) is 8.04. The van der Waals surface area contributed by atoms with E-state index in [-0.39, 0.29) is 17.7 Å². The van der Waals surface area contributed by atoms with E-state index in [0.717, 1.165) is 71.3 Å². The van der Waals surface area contributed by atoms with Gasteiger partial charge in [0.05, 0.1) is 0 Å². The van der Waals surface area contributed by atoms with Crippen molar-refractivity contribution in [1.82, 2.24) is 15.5 Å². The van der Waals surface area contributed by atoms with Gasteiger partial charge < -0.3 is 19.7 Å². The molecule has 1 rings (SSSR count). The van der Waals surface area contributed by atoms with Crippen LogP contribution < -0.4 is 10.6 Å². The molecule has 0 spiro atoms. The third kappa shape index (κ3) is 33.7. The topological polar surface area (TPSA) is 99.0 Å². The molecule has 0 radical (unpaired) electrons. The number of hydrogen-bond donors (Lipinski definition) is 2. The Labute approximate surface area is 359 Å². The van der Waals surface area contributed by atoms with Gasteiger partial charge in [0.25, 0.3) is 0 Å². The lowest BCUT2D eigenvalue weighted by Crippen LogP contribution is -2.36. The number of carbonyl (C=O) groups is 1. The van der Waals surface area contributed by atoms with Crippen LogP contribution in [0.3, 0.4) is 0 Å². The summed E-state index contributed by atoms with van der Waals surface area (Å²) >= 11 is 0. The monoisotopic (exact) mass is 814 g/mol. The highest BCUT2D eigenvalue weighted by Gasteiger charge is 2.34. The molecular formula is C50H95N5O3. The van der Waals surface area contributed by atoms with Crippen LogP contribution >= 0.6 is 0 Å². The molecule has 8 heteroatoms. The lowest BCUT2D eigenvalue weighted by molar-refractivity contribution is -0.150. The quantitative estimate of drug-likeness (QED) is 0.0120. The Hall–Kier alpha value is -2.11. The third-order valence-corrected chi connectivity index (χ3v) is 12.0. The maximum Gasteiger partial charge on any atom is 0.306 e. The van der Waals surface area contributed by atoms with Crippen molar-refractivity contribution in [2.24, 2.45) is 4.99 Å². The Bertz CT molecular complexity index is 1010. The zero-order chi connectivity index (χ0) is 42.0. The number of nitrogens with zero attached hydrogens (tertiary/aromatic N) is 3. The number of guanidine groups is 1. The molecule has 8 nitrogen and oxygen atoms in total. The summed E-state index contributed by atoms with van der Waals surface area (Å²) in [4.78, 5) is 19.6. The van der Waals surface area contributed by atoms with Crippen molar-refractivity contribution in [1.29, 1.82) is 5.26 Å². The predicted octanol–water partition coefficient (Wildman–Crippen LogP) is 13.5. The molecule has 58 heavy (non-hydrogen) atoms. The van der Waals surface area contributed by atoms with Gasteiger partial charge in [-0.1, -0.05) is 162 Å². The van der Waals surface area contributed by atoms with Crippen molar-refractivity contribution in [2.45, 2.75) is 251 Å². The summed E-state index contributed by atoms with van der Waals surface area (Å²) < 4.78 is 12.4. The van der Waals surface area contributed by atoms with Gasteiger partial charge in [0.2, 0.25) is 5.96 Å². The Balaban J connectivity index is 2.32. The van der Waals surface area contributed by atoms with Gasteiger partial charge >= 0.3 is 5.97 Å². The molecule has 0 unspecified atom stereocenters. The molecule has 0 aromatic carbocycles. The minimum atomic E-state index is -0.00950. The van der Waals surface area contributed by atoms with E-state index in [2.05, 4.69) is 53.4 Å². The number of nitrogens with one attached hydrogen (secondary N) is 2. The van der Waals surface area contributed by atoms with Crippen molar-refractivity contribution >= 4 is 11.9 Å². The summed E-state index contributed by atoms with van der Waals surface area (Å²) in [5.74, 6) is 0.564. The SMILES string of the molecule is CCCCCCCCCOC1(CCCCCCCN(CCCCCCCC(=O)OC(CCCCCCCC)CCCCCCCC)CCCNC(=NC)NC#N)C=C1. The van der Waals surface area contributed by atoms with Crippen LogP contribution in [0.25, 0.3) is 0 Å². The zero-order valence-electron chi connectivity index (χ0n) is 38.9. The van der Waals surface area contributed by atoms with E-state index in [0.29, 0.717) is 12.4 Å². The fourth-order valence-electron chi connectivity index (χ4n) is 8.04. The number of hydrogen-bond acceptors (Lipinski definition) is 6. The standard InChI is InChI=1S/C50H95N5O3/c1-5-8-11-14-17-26-33-45-57-50(39-40-50)38-30-23-19-25-32-43-55(44-34-41-53-49(52-4)54-46-51)42-31-24-18-22-29-37-48(56)58-47(35-27-20-15-12-9-6-2)36-28-21-16-13-10-7-3/h39-40,47H,5-38,41-45H2,1-4H3,(H2,52,53,54). The van der Waals surface area contributed by atoms with Gasteiger partial charge in [0, 0.05) is 26.6 Å². The highest BCUT2D eigenvalue weighted by molar-refractivity contribution is 5.80. The lowest BCUT2D eigenvalue weighted by atomic mass is 10.0. The second-order valence-corrected chi connectivity index (χ2v) is 17.4. The second kappa shape index (κ2) is 40.3.